The van der Waals surface area contributed by atoms with E-state index in [1.165, 1.54) is 105 Å². The molecule has 5 aromatic rings. The number of anilines is 6. The van der Waals surface area contributed by atoms with Gasteiger partial charge in [0.15, 0.2) is 0 Å². The fourth-order valence-electron chi connectivity index (χ4n) is 7.98. The highest BCUT2D eigenvalue weighted by molar-refractivity contribution is 7.00. The molecule has 0 N–H and O–H groups in total. The van der Waals surface area contributed by atoms with Crippen molar-refractivity contribution in [2.75, 3.05) is 9.80 Å². The lowest BCUT2D eigenvalue weighted by atomic mass is 9.33. The normalized spacial score (nSPS) is 15.7. The van der Waals surface area contributed by atoms with Crippen LogP contribution in [0.5, 0.6) is 0 Å². The SMILES string of the molecule is Cc1cc(C)cc(N2c3ccccc3B3c4cc(C)ccc4N(c4ccccc4)c4cc(C5CCCCC5)cc2c43)c1. The fourth-order valence-corrected chi connectivity index (χ4v) is 7.98. The van der Waals surface area contributed by atoms with Crippen LogP contribution in [0.4, 0.5) is 34.1 Å². The second-order valence-electron chi connectivity index (χ2n) is 12.7. The summed E-state index contributed by atoms with van der Waals surface area (Å²) in [5.41, 5.74) is 17.4. The highest BCUT2D eigenvalue weighted by Gasteiger charge is 2.43. The van der Waals surface area contributed by atoms with Gasteiger partial charge in [-0.2, -0.15) is 0 Å². The molecule has 0 spiro atoms. The van der Waals surface area contributed by atoms with Gasteiger partial charge in [0.1, 0.15) is 0 Å². The lowest BCUT2D eigenvalue weighted by Crippen LogP contribution is -2.61. The summed E-state index contributed by atoms with van der Waals surface area (Å²) in [6.07, 6.45) is 6.58. The van der Waals surface area contributed by atoms with Crippen molar-refractivity contribution in [3.05, 3.63) is 125 Å². The summed E-state index contributed by atoms with van der Waals surface area (Å²) in [5.74, 6) is 0.606. The highest BCUT2D eigenvalue weighted by Crippen LogP contribution is 2.46. The number of hydrogen-bond donors (Lipinski definition) is 0. The summed E-state index contributed by atoms with van der Waals surface area (Å²) in [4.78, 5) is 5.12. The number of rotatable bonds is 3. The molecule has 3 aliphatic rings. The predicted octanol–water partition coefficient (Wildman–Crippen LogP) is 8.74. The van der Waals surface area contributed by atoms with Crippen molar-refractivity contribution in [1.29, 1.82) is 0 Å². The molecule has 0 atom stereocenters. The zero-order chi connectivity index (χ0) is 28.4. The van der Waals surface area contributed by atoms with Crippen molar-refractivity contribution in [2.24, 2.45) is 0 Å². The van der Waals surface area contributed by atoms with Crippen LogP contribution < -0.4 is 26.2 Å². The van der Waals surface area contributed by atoms with Crippen LogP contribution >= 0.6 is 0 Å². The maximum absolute atomic E-state index is 2.57. The first-order valence-corrected chi connectivity index (χ1v) is 15.7. The minimum atomic E-state index is 0.184. The largest absolute Gasteiger partial charge is 0.311 e. The number of nitrogens with zero attached hydrogens (tertiary/aromatic N) is 2. The van der Waals surface area contributed by atoms with Crippen molar-refractivity contribution in [1.82, 2.24) is 0 Å². The molecule has 0 amide bonds. The molecule has 1 aliphatic carbocycles. The van der Waals surface area contributed by atoms with Gasteiger partial charge >= 0.3 is 0 Å². The lowest BCUT2D eigenvalue weighted by molar-refractivity contribution is 0.444. The van der Waals surface area contributed by atoms with Crippen LogP contribution in [0.1, 0.15) is 60.3 Å². The summed E-state index contributed by atoms with van der Waals surface area (Å²) in [7, 11) is 0. The van der Waals surface area contributed by atoms with Crippen molar-refractivity contribution in [3.8, 4) is 0 Å². The van der Waals surface area contributed by atoms with Gasteiger partial charge in [0, 0.05) is 34.1 Å². The molecule has 2 aliphatic heterocycles. The van der Waals surface area contributed by atoms with E-state index in [0.29, 0.717) is 5.92 Å². The van der Waals surface area contributed by atoms with Crippen LogP contribution in [0, 0.1) is 20.8 Å². The van der Waals surface area contributed by atoms with Crippen molar-refractivity contribution in [3.63, 3.8) is 0 Å². The number of hydrogen-bond acceptors (Lipinski definition) is 2. The van der Waals surface area contributed by atoms with E-state index in [0.717, 1.165) is 0 Å². The molecule has 5 aromatic carbocycles. The van der Waals surface area contributed by atoms with E-state index in [-0.39, 0.29) is 6.71 Å². The number of aryl methyl sites for hydroxylation is 3. The van der Waals surface area contributed by atoms with Gasteiger partial charge in [0.25, 0.3) is 6.71 Å². The molecule has 2 heterocycles. The molecule has 8 rings (SSSR count). The van der Waals surface area contributed by atoms with E-state index in [1.807, 2.05) is 0 Å². The number of para-hydroxylation sites is 2. The number of fused-ring (bicyclic) bond motifs is 4. The average molecular weight is 545 g/mol. The van der Waals surface area contributed by atoms with Crippen molar-refractivity contribution >= 4 is 57.2 Å². The molecule has 206 valence electrons. The minimum Gasteiger partial charge on any atom is -0.311 e. The highest BCUT2D eigenvalue weighted by atomic mass is 15.2. The van der Waals surface area contributed by atoms with E-state index in [9.17, 15) is 0 Å². The van der Waals surface area contributed by atoms with Crippen LogP contribution in [0.2, 0.25) is 0 Å². The van der Waals surface area contributed by atoms with Gasteiger partial charge in [-0.3, -0.25) is 0 Å². The topological polar surface area (TPSA) is 6.48 Å². The third-order valence-electron chi connectivity index (χ3n) is 9.71. The maximum atomic E-state index is 2.57. The van der Waals surface area contributed by atoms with E-state index in [4.69, 9.17) is 0 Å². The van der Waals surface area contributed by atoms with Crippen LogP contribution in [0.25, 0.3) is 0 Å². The standard InChI is InChI=1S/C39H37BN2/c1-26-18-19-36-34(23-26)40-33-16-10-11-17-35(33)42(32-21-27(2)20-28(3)22-32)38-25-30(29-12-6-4-7-13-29)24-37(39(38)40)41(36)31-14-8-5-9-15-31/h5,8-11,14-25,29H,4,6-7,12-13H2,1-3H3. The number of benzene rings is 5. The van der Waals surface area contributed by atoms with Gasteiger partial charge in [-0.15, -0.1) is 0 Å². The average Bonchev–Trinajstić information content (AvgIpc) is 3.01. The molecule has 1 fully saturated rings. The van der Waals surface area contributed by atoms with Gasteiger partial charge in [0.2, 0.25) is 0 Å². The molecule has 0 radical (unpaired) electrons. The Balaban J connectivity index is 1.48. The zero-order valence-corrected chi connectivity index (χ0v) is 24.9. The summed E-state index contributed by atoms with van der Waals surface area (Å²) in [5, 5.41) is 0. The van der Waals surface area contributed by atoms with E-state index >= 15 is 0 Å². The van der Waals surface area contributed by atoms with Crippen LogP contribution in [0.3, 0.4) is 0 Å². The van der Waals surface area contributed by atoms with E-state index in [2.05, 4.69) is 134 Å². The first-order chi connectivity index (χ1) is 20.6. The van der Waals surface area contributed by atoms with Crippen molar-refractivity contribution in [2.45, 2.75) is 58.8 Å². The van der Waals surface area contributed by atoms with Gasteiger partial charge < -0.3 is 9.80 Å². The smallest absolute Gasteiger partial charge is 0.252 e. The van der Waals surface area contributed by atoms with Crippen LogP contribution in [0.15, 0.2) is 103 Å². The van der Waals surface area contributed by atoms with Gasteiger partial charge in [-0.05, 0) is 121 Å². The third kappa shape index (κ3) is 4.01. The predicted molar refractivity (Wildman–Crippen MR) is 181 cm³/mol. The molecular formula is C39H37BN2. The van der Waals surface area contributed by atoms with Crippen LogP contribution in [-0.4, -0.2) is 6.71 Å². The van der Waals surface area contributed by atoms with Gasteiger partial charge in [0.05, 0.1) is 0 Å². The monoisotopic (exact) mass is 544 g/mol. The maximum Gasteiger partial charge on any atom is 0.252 e. The summed E-state index contributed by atoms with van der Waals surface area (Å²) < 4.78 is 0. The summed E-state index contributed by atoms with van der Waals surface area (Å²) in [6.45, 7) is 6.86. The second kappa shape index (κ2) is 9.95. The first-order valence-electron chi connectivity index (χ1n) is 15.7. The first kappa shape index (κ1) is 25.5. The molecule has 0 bridgehead atoms. The molecule has 3 heteroatoms. The Labute approximate surface area is 250 Å². The van der Waals surface area contributed by atoms with Crippen LogP contribution in [-0.2, 0) is 0 Å². The van der Waals surface area contributed by atoms with E-state index < -0.39 is 0 Å². The Kier molecular flexibility index (Phi) is 6.03. The molecular weight excluding hydrogens is 507 g/mol. The lowest BCUT2D eigenvalue weighted by Gasteiger charge is -2.45. The molecule has 0 saturated heterocycles. The Bertz CT molecular complexity index is 1800. The minimum absolute atomic E-state index is 0.184. The van der Waals surface area contributed by atoms with Gasteiger partial charge in [-0.1, -0.05) is 79.4 Å². The molecule has 42 heavy (non-hydrogen) atoms. The third-order valence-corrected chi connectivity index (χ3v) is 9.71. The Morgan fingerprint density at radius 3 is 1.90 bits per heavy atom. The Morgan fingerprint density at radius 2 is 1.17 bits per heavy atom. The second-order valence-corrected chi connectivity index (χ2v) is 12.7. The van der Waals surface area contributed by atoms with E-state index in [1.54, 1.807) is 0 Å². The zero-order valence-electron chi connectivity index (χ0n) is 24.9. The van der Waals surface area contributed by atoms with Gasteiger partial charge in [-0.25, -0.2) is 0 Å². The Morgan fingerprint density at radius 1 is 0.524 bits per heavy atom. The Hall–Kier alpha value is -4.24. The molecule has 0 aromatic heterocycles. The van der Waals surface area contributed by atoms with Crippen molar-refractivity contribution < 1.29 is 0 Å². The summed E-state index contributed by atoms with van der Waals surface area (Å²) >= 11 is 0. The molecule has 0 unspecified atom stereocenters. The summed E-state index contributed by atoms with van der Waals surface area (Å²) in [6, 6.07) is 39.3. The quantitative estimate of drug-likeness (QED) is 0.205. The fraction of sp³-hybridized carbons (Fsp3) is 0.231. The molecule has 2 nitrogen and oxygen atoms in total. The molecule has 1 saturated carbocycles.